The third kappa shape index (κ3) is 3.36. The molecule has 1 fully saturated rings. The molecule has 3 aromatic rings. The molecule has 5 heteroatoms. The molecular weight excluding hydrogens is 312 g/mol. The molecule has 1 amide bonds. The Bertz CT molecular complexity index is 892. The third-order valence-corrected chi connectivity index (χ3v) is 4.69. The van der Waals surface area contributed by atoms with E-state index in [-0.39, 0.29) is 5.91 Å². The Hall–Kier alpha value is -2.82. The SMILES string of the molecule is Cc1ccn2cc(C(=O)Nc3ccc(N4CCCCC4)cc3)nc2c1. The van der Waals surface area contributed by atoms with Gasteiger partial charge in [-0.25, -0.2) is 4.98 Å². The van der Waals surface area contributed by atoms with Crippen LogP contribution in [0.15, 0.2) is 48.8 Å². The first-order valence-electron chi connectivity index (χ1n) is 8.81. The molecule has 0 spiro atoms. The molecule has 3 heterocycles. The Kier molecular flexibility index (Phi) is 4.14. The number of hydrogen-bond acceptors (Lipinski definition) is 3. The van der Waals surface area contributed by atoms with Crippen LogP contribution in [0.3, 0.4) is 0 Å². The number of carbonyl (C=O) groups is 1. The standard InChI is InChI=1S/C20H22N4O/c1-15-9-12-24-14-18(22-19(24)13-15)20(25)21-16-5-7-17(8-6-16)23-10-3-2-4-11-23/h5-9,12-14H,2-4,10-11H2,1H3,(H,21,25). The van der Waals surface area contributed by atoms with Gasteiger partial charge in [0.2, 0.25) is 0 Å². The number of pyridine rings is 1. The zero-order valence-electron chi connectivity index (χ0n) is 14.4. The Labute approximate surface area is 147 Å². The minimum Gasteiger partial charge on any atom is -0.372 e. The summed E-state index contributed by atoms with van der Waals surface area (Å²) in [5.41, 5.74) is 4.34. The zero-order chi connectivity index (χ0) is 17.2. The molecule has 25 heavy (non-hydrogen) atoms. The summed E-state index contributed by atoms with van der Waals surface area (Å²) >= 11 is 0. The van der Waals surface area contributed by atoms with Crippen LogP contribution in [0.1, 0.15) is 35.3 Å². The number of piperidine rings is 1. The average molecular weight is 334 g/mol. The molecule has 128 valence electrons. The summed E-state index contributed by atoms with van der Waals surface area (Å²) in [6.07, 6.45) is 7.51. The minimum atomic E-state index is -0.188. The van der Waals surface area contributed by atoms with Gasteiger partial charge in [0.25, 0.3) is 5.91 Å². The Morgan fingerprint density at radius 3 is 2.60 bits per heavy atom. The van der Waals surface area contributed by atoms with Gasteiger partial charge in [0.05, 0.1) is 0 Å². The molecule has 0 unspecified atom stereocenters. The molecule has 5 nitrogen and oxygen atoms in total. The van der Waals surface area contributed by atoms with E-state index in [4.69, 9.17) is 0 Å². The van der Waals surface area contributed by atoms with Gasteiger partial charge in [-0.3, -0.25) is 4.79 Å². The Morgan fingerprint density at radius 2 is 1.84 bits per heavy atom. The van der Waals surface area contributed by atoms with Gasteiger partial charge >= 0.3 is 0 Å². The quantitative estimate of drug-likeness (QED) is 0.791. The van der Waals surface area contributed by atoms with Crippen molar-refractivity contribution in [3.63, 3.8) is 0 Å². The van der Waals surface area contributed by atoms with Crippen molar-refractivity contribution in [3.05, 3.63) is 60.0 Å². The van der Waals surface area contributed by atoms with E-state index in [1.807, 2.05) is 41.8 Å². The number of benzene rings is 1. The van der Waals surface area contributed by atoms with Crippen LogP contribution in [0.25, 0.3) is 5.65 Å². The first kappa shape index (κ1) is 15.7. The highest BCUT2D eigenvalue weighted by molar-refractivity contribution is 6.03. The molecule has 1 aliphatic heterocycles. The largest absolute Gasteiger partial charge is 0.372 e. The van der Waals surface area contributed by atoms with E-state index < -0.39 is 0 Å². The maximum absolute atomic E-state index is 12.5. The summed E-state index contributed by atoms with van der Waals surface area (Å²) in [6.45, 7) is 4.25. The number of hydrogen-bond donors (Lipinski definition) is 1. The maximum atomic E-state index is 12.5. The molecule has 1 saturated heterocycles. The summed E-state index contributed by atoms with van der Waals surface area (Å²) in [5, 5.41) is 2.93. The Morgan fingerprint density at radius 1 is 1.08 bits per heavy atom. The number of nitrogens with one attached hydrogen (secondary N) is 1. The van der Waals surface area contributed by atoms with Crippen LogP contribution in [0, 0.1) is 6.92 Å². The van der Waals surface area contributed by atoms with Gasteiger partial charge < -0.3 is 14.6 Å². The van der Waals surface area contributed by atoms with Crippen LogP contribution in [-0.4, -0.2) is 28.4 Å². The van der Waals surface area contributed by atoms with E-state index in [9.17, 15) is 4.79 Å². The molecule has 2 aromatic heterocycles. The summed E-state index contributed by atoms with van der Waals surface area (Å²) in [4.78, 5) is 19.3. The van der Waals surface area contributed by atoms with Crippen molar-refractivity contribution < 1.29 is 4.79 Å². The van der Waals surface area contributed by atoms with E-state index in [1.54, 1.807) is 6.20 Å². The second-order valence-corrected chi connectivity index (χ2v) is 6.64. The number of fused-ring (bicyclic) bond motifs is 1. The van der Waals surface area contributed by atoms with E-state index in [1.165, 1.54) is 24.9 Å². The Balaban J connectivity index is 1.47. The van der Waals surface area contributed by atoms with E-state index in [0.717, 1.165) is 30.0 Å². The van der Waals surface area contributed by atoms with E-state index >= 15 is 0 Å². The van der Waals surface area contributed by atoms with Crippen LogP contribution in [0.2, 0.25) is 0 Å². The second kappa shape index (κ2) is 6.59. The highest BCUT2D eigenvalue weighted by Crippen LogP contribution is 2.22. The van der Waals surface area contributed by atoms with Crippen molar-refractivity contribution in [3.8, 4) is 0 Å². The van der Waals surface area contributed by atoms with Crippen LogP contribution in [0.5, 0.6) is 0 Å². The molecule has 0 bridgehead atoms. The van der Waals surface area contributed by atoms with Crippen LogP contribution >= 0.6 is 0 Å². The monoisotopic (exact) mass is 334 g/mol. The van der Waals surface area contributed by atoms with E-state index in [2.05, 4.69) is 27.3 Å². The van der Waals surface area contributed by atoms with Crippen LogP contribution in [0.4, 0.5) is 11.4 Å². The fraction of sp³-hybridized carbons (Fsp3) is 0.300. The average Bonchev–Trinajstić information content (AvgIpc) is 3.06. The predicted octanol–water partition coefficient (Wildman–Crippen LogP) is 3.89. The number of imidazole rings is 1. The summed E-state index contributed by atoms with van der Waals surface area (Å²) in [7, 11) is 0. The summed E-state index contributed by atoms with van der Waals surface area (Å²) < 4.78 is 1.86. The third-order valence-electron chi connectivity index (χ3n) is 4.69. The fourth-order valence-electron chi connectivity index (χ4n) is 3.30. The topological polar surface area (TPSA) is 49.6 Å². The lowest BCUT2D eigenvalue weighted by Crippen LogP contribution is -2.29. The molecule has 0 aliphatic carbocycles. The van der Waals surface area contributed by atoms with E-state index in [0.29, 0.717) is 5.69 Å². The lowest BCUT2D eigenvalue weighted by atomic mass is 10.1. The van der Waals surface area contributed by atoms with Crippen LogP contribution in [-0.2, 0) is 0 Å². The number of rotatable bonds is 3. The number of anilines is 2. The first-order chi connectivity index (χ1) is 12.2. The normalized spacial score (nSPS) is 14.7. The molecular formula is C20H22N4O. The van der Waals surface area contributed by atoms with Crippen molar-refractivity contribution in [1.82, 2.24) is 9.38 Å². The van der Waals surface area contributed by atoms with Gasteiger partial charge in [0.15, 0.2) is 0 Å². The molecule has 0 saturated carbocycles. The van der Waals surface area contributed by atoms with Gasteiger partial charge in [0, 0.05) is 36.9 Å². The van der Waals surface area contributed by atoms with Crippen molar-refractivity contribution >= 4 is 22.9 Å². The molecule has 0 radical (unpaired) electrons. The fourth-order valence-corrected chi connectivity index (χ4v) is 3.30. The van der Waals surface area contributed by atoms with Crippen molar-refractivity contribution in [2.45, 2.75) is 26.2 Å². The molecule has 1 aromatic carbocycles. The maximum Gasteiger partial charge on any atom is 0.275 e. The molecule has 1 aliphatic rings. The number of aromatic nitrogens is 2. The number of nitrogens with zero attached hydrogens (tertiary/aromatic N) is 3. The highest BCUT2D eigenvalue weighted by Gasteiger charge is 2.13. The second-order valence-electron chi connectivity index (χ2n) is 6.64. The number of carbonyl (C=O) groups excluding carboxylic acids is 1. The number of aryl methyl sites for hydroxylation is 1. The van der Waals surface area contributed by atoms with Gasteiger partial charge in [0.1, 0.15) is 11.3 Å². The summed E-state index contributed by atoms with van der Waals surface area (Å²) in [6, 6.07) is 12.0. The molecule has 0 atom stereocenters. The van der Waals surface area contributed by atoms with Crippen molar-refractivity contribution in [1.29, 1.82) is 0 Å². The number of amides is 1. The van der Waals surface area contributed by atoms with Crippen molar-refractivity contribution in [2.75, 3.05) is 23.3 Å². The van der Waals surface area contributed by atoms with Crippen molar-refractivity contribution in [2.24, 2.45) is 0 Å². The van der Waals surface area contributed by atoms with Gasteiger partial charge in [-0.2, -0.15) is 0 Å². The first-order valence-corrected chi connectivity index (χ1v) is 8.81. The summed E-state index contributed by atoms with van der Waals surface area (Å²) in [5.74, 6) is -0.188. The van der Waals surface area contributed by atoms with Gasteiger partial charge in [-0.1, -0.05) is 0 Å². The lowest BCUT2D eigenvalue weighted by Gasteiger charge is -2.28. The molecule has 1 N–H and O–H groups in total. The highest BCUT2D eigenvalue weighted by atomic mass is 16.1. The van der Waals surface area contributed by atoms with Gasteiger partial charge in [-0.15, -0.1) is 0 Å². The smallest absolute Gasteiger partial charge is 0.275 e. The predicted molar refractivity (Wildman–Crippen MR) is 100 cm³/mol. The zero-order valence-corrected chi connectivity index (χ0v) is 14.4. The van der Waals surface area contributed by atoms with Crippen LogP contribution < -0.4 is 10.2 Å². The molecule has 4 rings (SSSR count). The van der Waals surface area contributed by atoms with Gasteiger partial charge in [-0.05, 0) is 68.1 Å². The lowest BCUT2D eigenvalue weighted by molar-refractivity contribution is 0.102. The minimum absolute atomic E-state index is 0.188.